The Labute approximate surface area is 109 Å². The Hall–Kier alpha value is -0.450. The first kappa shape index (κ1) is 14.6. The average Bonchev–Trinajstić information content (AvgIpc) is 2.81. The molecule has 0 radical (unpaired) electrons. The molecule has 1 rings (SSSR count). The monoisotopic (exact) mass is 255 g/mol. The van der Waals surface area contributed by atoms with E-state index in [0.717, 1.165) is 32.6 Å². The lowest BCUT2D eigenvalue weighted by Gasteiger charge is -2.23. The predicted molar refractivity (Wildman–Crippen MR) is 75.6 cm³/mol. The topological polar surface area (TPSA) is 28.2 Å². The molecule has 0 aromatic carbocycles. The van der Waals surface area contributed by atoms with Crippen LogP contribution >= 0.6 is 11.3 Å². The third-order valence-corrected chi connectivity index (χ3v) is 4.10. The summed E-state index contributed by atoms with van der Waals surface area (Å²) in [6.45, 7) is 13.2. The fourth-order valence-corrected chi connectivity index (χ4v) is 2.61. The molecule has 1 heterocycles. The fourth-order valence-electron chi connectivity index (χ4n) is 1.80. The van der Waals surface area contributed by atoms with Crippen LogP contribution in [0, 0.1) is 0 Å². The van der Waals surface area contributed by atoms with Gasteiger partial charge < -0.3 is 10.2 Å². The van der Waals surface area contributed by atoms with E-state index in [9.17, 15) is 0 Å². The van der Waals surface area contributed by atoms with Crippen molar-refractivity contribution in [3.05, 3.63) is 16.1 Å². The molecule has 17 heavy (non-hydrogen) atoms. The summed E-state index contributed by atoms with van der Waals surface area (Å²) in [5, 5.41) is 4.80. The molecule has 1 atom stereocenters. The third kappa shape index (κ3) is 5.15. The van der Waals surface area contributed by atoms with Gasteiger partial charge in [0.15, 0.2) is 0 Å². The van der Waals surface area contributed by atoms with Crippen molar-refractivity contribution in [1.29, 1.82) is 0 Å². The average molecular weight is 255 g/mol. The van der Waals surface area contributed by atoms with Crippen molar-refractivity contribution in [2.24, 2.45) is 0 Å². The number of hydrogen-bond donors (Lipinski definition) is 1. The molecule has 0 fully saturated rings. The molecule has 0 aliphatic carbocycles. The van der Waals surface area contributed by atoms with E-state index in [1.807, 2.05) is 17.5 Å². The standard InChI is InChI=1S/C13H25N3S/c1-5-13-15-9-12(17-13)8-14-11(4)10-16(6-2)7-3/h9,11,14H,5-8,10H2,1-4H3. The van der Waals surface area contributed by atoms with Crippen molar-refractivity contribution in [2.45, 2.75) is 46.7 Å². The fraction of sp³-hybridized carbons (Fsp3) is 0.769. The van der Waals surface area contributed by atoms with Crippen molar-refractivity contribution in [3.8, 4) is 0 Å². The summed E-state index contributed by atoms with van der Waals surface area (Å²) in [5.41, 5.74) is 0. The molecule has 98 valence electrons. The third-order valence-electron chi connectivity index (χ3n) is 2.96. The normalized spacial score (nSPS) is 13.2. The Morgan fingerprint density at radius 1 is 1.35 bits per heavy atom. The van der Waals surface area contributed by atoms with E-state index in [2.05, 4.69) is 42.9 Å². The highest BCUT2D eigenvalue weighted by Crippen LogP contribution is 2.13. The molecule has 0 bridgehead atoms. The van der Waals surface area contributed by atoms with Crippen LogP contribution in [0.5, 0.6) is 0 Å². The number of nitrogens with zero attached hydrogens (tertiary/aromatic N) is 2. The first-order chi connectivity index (χ1) is 8.19. The SMILES string of the molecule is CCc1ncc(CNC(C)CN(CC)CC)s1. The summed E-state index contributed by atoms with van der Waals surface area (Å²) in [5.74, 6) is 0. The van der Waals surface area contributed by atoms with E-state index in [4.69, 9.17) is 0 Å². The van der Waals surface area contributed by atoms with Gasteiger partial charge in [-0.15, -0.1) is 11.3 Å². The van der Waals surface area contributed by atoms with Gasteiger partial charge >= 0.3 is 0 Å². The molecule has 1 aromatic heterocycles. The van der Waals surface area contributed by atoms with Crippen LogP contribution in [0.25, 0.3) is 0 Å². The van der Waals surface area contributed by atoms with Gasteiger partial charge in [0.2, 0.25) is 0 Å². The Balaban J connectivity index is 2.29. The summed E-state index contributed by atoms with van der Waals surface area (Å²) in [4.78, 5) is 8.16. The maximum Gasteiger partial charge on any atom is 0.0925 e. The minimum absolute atomic E-state index is 0.530. The summed E-state index contributed by atoms with van der Waals surface area (Å²) < 4.78 is 0. The van der Waals surface area contributed by atoms with Crippen LogP contribution in [0.3, 0.4) is 0 Å². The second-order valence-corrected chi connectivity index (χ2v) is 5.54. The molecule has 0 aliphatic heterocycles. The zero-order chi connectivity index (χ0) is 12.7. The molecule has 4 heteroatoms. The van der Waals surface area contributed by atoms with Gasteiger partial charge in [0.25, 0.3) is 0 Å². The quantitative estimate of drug-likeness (QED) is 0.773. The largest absolute Gasteiger partial charge is 0.308 e. The van der Waals surface area contributed by atoms with Crippen LogP contribution in [0.4, 0.5) is 0 Å². The number of hydrogen-bond acceptors (Lipinski definition) is 4. The van der Waals surface area contributed by atoms with E-state index in [1.165, 1.54) is 9.88 Å². The minimum Gasteiger partial charge on any atom is -0.308 e. The maximum absolute atomic E-state index is 4.37. The zero-order valence-corrected chi connectivity index (χ0v) is 12.3. The van der Waals surface area contributed by atoms with Crippen LogP contribution in [0.2, 0.25) is 0 Å². The minimum atomic E-state index is 0.530. The number of thiazole rings is 1. The number of aryl methyl sites for hydroxylation is 1. The van der Waals surface area contributed by atoms with Crippen molar-refractivity contribution in [3.63, 3.8) is 0 Å². The molecule has 0 saturated carbocycles. The second-order valence-electron chi connectivity index (χ2n) is 4.34. The van der Waals surface area contributed by atoms with Gasteiger partial charge in [-0.2, -0.15) is 0 Å². The van der Waals surface area contributed by atoms with E-state index in [0.29, 0.717) is 6.04 Å². The molecular formula is C13H25N3S. The highest BCUT2D eigenvalue weighted by Gasteiger charge is 2.07. The van der Waals surface area contributed by atoms with Crippen molar-refractivity contribution < 1.29 is 0 Å². The summed E-state index contributed by atoms with van der Waals surface area (Å²) in [7, 11) is 0. The van der Waals surface area contributed by atoms with Crippen molar-refractivity contribution >= 4 is 11.3 Å². The van der Waals surface area contributed by atoms with Gasteiger partial charge in [-0.3, -0.25) is 0 Å². The molecule has 1 N–H and O–H groups in total. The molecule has 0 amide bonds. The van der Waals surface area contributed by atoms with Crippen LogP contribution in [-0.2, 0) is 13.0 Å². The number of likely N-dealkylation sites (N-methyl/N-ethyl adjacent to an activating group) is 1. The van der Waals surface area contributed by atoms with Crippen LogP contribution < -0.4 is 5.32 Å². The zero-order valence-electron chi connectivity index (χ0n) is 11.5. The Morgan fingerprint density at radius 3 is 2.59 bits per heavy atom. The molecule has 1 aromatic rings. The lowest BCUT2D eigenvalue weighted by molar-refractivity contribution is 0.271. The van der Waals surface area contributed by atoms with Crippen molar-refractivity contribution in [1.82, 2.24) is 15.2 Å². The van der Waals surface area contributed by atoms with Gasteiger partial charge in [-0.05, 0) is 26.4 Å². The van der Waals surface area contributed by atoms with E-state index < -0.39 is 0 Å². The molecule has 0 saturated heterocycles. The van der Waals surface area contributed by atoms with E-state index in [-0.39, 0.29) is 0 Å². The Kier molecular flexibility index (Phi) is 6.70. The summed E-state index contributed by atoms with van der Waals surface area (Å²) >= 11 is 1.82. The van der Waals surface area contributed by atoms with Gasteiger partial charge in [0.1, 0.15) is 0 Å². The second kappa shape index (κ2) is 7.80. The smallest absolute Gasteiger partial charge is 0.0925 e. The Morgan fingerprint density at radius 2 is 2.06 bits per heavy atom. The van der Waals surface area contributed by atoms with Gasteiger partial charge in [0.05, 0.1) is 5.01 Å². The van der Waals surface area contributed by atoms with Crippen LogP contribution in [0.1, 0.15) is 37.6 Å². The van der Waals surface area contributed by atoms with Crippen LogP contribution in [-0.4, -0.2) is 35.6 Å². The number of aromatic nitrogens is 1. The van der Waals surface area contributed by atoms with Gasteiger partial charge in [-0.25, -0.2) is 4.98 Å². The van der Waals surface area contributed by atoms with E-state index >= 15 is 0 Å². The molecule has 0 aliphatic rings. The first-order valence-electron chi connectivity index (χ1n) is 6.58. The lowest BCUT2D eigenvalue weighted by Crippen LogP contribution is -2.38. The summed E-state index contributed by atoms with van der Waals surface area (Å²) in [6, 6.07) is 0.530. The molecular weight excluding hydrogens is 230 g/mol. The lowest BCUT2D eigenvalue weighted by atomic mass is 10.3. The maximum atomic E-state index is 4.37. The highest BCUT2D eigenvalue weighted by atomic mass is 32.1. The van der Waals surface area contributed by atoms with Crippen LogP contribution in [0.15, 0.2) is 6.20 Å². The first-order valence-corrected chi connectivity index (χ1v) is 7.40. The molecule has 3 nitrogen and oxygen atoms in total. The molecule has 0 spiro atoms. The predicted octanol–water partition coefficient (Wildman–Crippen LogP) is 2.53. The van der Waals surface area contributed by atoms with E-state index in [1.54, 1.807) is 0 Å². The number of rotatable bonds is 8. The van der Waals surface area contributed by atoms with Gasteiger partial charge in [-0.1, -0.05) is 20.8 Å². The van der Waals surface area contributed by atoms with Crippen molar-refractivity contribution in [2.75, 3.05) is 19.6 Å². The number of nitrogens with one attached hydrogen (secondary N) is 1. The molecule has 1 unspecified atom stereocenters. The summed E-state index contributed by atoms with van der Waals surface area (Å²) in [6.07, 6.45) is 3.04. The Bertz CT molecular complexity index is 307. The van der Waals surface area contributed by atoms with Gasteiger partial charge in [0, 0.05) is 30.2 Å². The highest BCUT2D eigenvalue weighted by molar-refractivity contribution is 7.11.